The van der Waals surface area contributed by atoms with Crippen LogP contribution in [0.5, 0.6) is 0 Å². The first kappa shape index (κ1) is 22.8. The monoisotopic (exact) mass is 445 g/mol. The number of rotatable bonds is 7. The molecule has 1 amide bonds. The van der Waals surface area contributed by atoms with Crippen molar-refractivity contribution in [1.29, 1.82) is 0 Å². The van der Waals surface area contributed by atoms with Crippen molar-refractivity contribution in [2.24, 2.45) is 0 Å². The molecule has 166 valence electrons. The van der Waals surface area contributed by atoms with Gasteiger partial charge >= 0.3 is 5.97 Å². The van der Waals surface area contributed by atoms with Gasteiger partial charge in [0, 0.05) is 29.2 Å². The Morgan fingerprint density at radius 1 is 1.32 bits per heavy atom. The number of Topliss-reactive ketones (excluding diaryl/α,β-unsaturated/α-hetero) is 1. The number of hydrogen-bond acceptors (Lipinski definition) is 7. The molecule has 3 rings (SSSR count). The lowest BCUT2D eigenvalue weighted by atomic mass is 9.97. The van der Waals surface area contributed by atoms with Crippen molar-refractivity contribution in [2.45, 2.75) is 26.8 Å². The molecule has 1 fully saturated rings. The maximum atomic E-state index is 13.0. The number of thiophene rings is 1. The average Bonchev–Trinajstić information content (AvgIpc) is 3.39. The van der Waals surface area contributed by atoms with Crippen molar-refractivity contribution in [1.82, 2.24) is 14.8 Å². The number of ketones is 1. The van der Waals surface area contributed by atoms with Crippen molar-refractivity contribution >= 4 is 34.8 Å². The van der Waals surface area contributed by atoms with Crippen LogP contribution in [0.25, 0.3) is 5.76 Å². The fraction of sp³-hybridized carbons (Fsp3) is 0.409. The van der Waals surface area contributed by atoms with Crippen LogP contribution in [-0.4, -0.2) is 71.3 Å². The number of amides is 1. The number of ether oxygens (including phenoxy) is 1. The first-order valence-electron chi connectivity index (χ1n) is 10.0. The van der Waals surface area contributed by atoms with Crippen molar-refractivity contribution in [2.75, 3.05) is 33.8 Å². The SMILES string of the molecule is CCOC(=O)c1[nH]c(C)c(C(O)=C2C(=O)C(=O)N(CCN(C)C)[C@H]2c2cccs2)c1C. The van der Waals surface area contributed by atoms with E-state index in [-0.39, 0.29) is 23.6 Å². The molecule has 1 aliphatic heterocycles. The molecule has 0 aromatic carbocycles. The zero-order chi connectivity index (χ0) is 22.9. The first-order valence-corrected chi connectivity index (χ1v) is 10.9. The molecule has 0 aliphatic carbocycles. The number of carbonyl (C=O) groups is 3. The van der Waals surface area contributed by atoms with Crippen LogP contribution in [0.15, 0.2) is 23.1 Å². The van der Waals surface area contributed by atoms with Crippen LogP contribution in [0.2, 0.25) is 0 Å². The van der Waals surface area contributed by atoms with Gasteiger partial charge in [-0.3, -0.25) is 9.59 Å². The van der Waals surface area contributed by atoms with Crippen LogP contribution in [-0.2, 0) is 14.3 Å². The van der Waals surface area contributed by atoms with Gasteiger partial charge in [0.05, 0.1) is 18.2 Å². The quantitative estimate of drug-likeness (QED) is 0.294. The van der Waals surface area contributed by atoms with Gasteiger partial charge in [0.1, 0.15) is 11.5 Å². The van der Waals surface area contributed by atoms with Crippen LogP contribution in [0.3, 0.4) is 0 Å². The number of aryl methyl sites for hydroxylation is 1. The average molecular weight is 446 g/mol. The molecule has 1 saturated heterocycles. The van der Waals surface area contributed by atoms with Gasteiger partial charge in [-0.2, -0.15) is 0 Å². The zero-order valence-corrected chi connectivity index (χ0v) is 19.1. The molecule has 31 heavy (non-hydrogen) atoms. The lowest BCUT2D eigenvalue weighted by Crippen LogP contribution is -2.35. The minimum Gasteiger partial charge on any atom is -0.507 e. The summed E-state index contributed by atoms with van der Waals surface area (Å²) >= 11 is 1.42. The first-order chi connectivity index (χ1) is 14.7. The predicted molar refractivity (Wildman–Crippen MR) is 118 cm³/mol. The molecular weight excluding hydrogens is 418 g/mol. The van der Waals surface area contributed by atoms with E-state index in [4.69, 9.17) is 4.74 Å². The lowest BCUT2D eigenvalue weighted by molar-refractivity contribution is -0.140. The fourth-order valence-corrected chi connectivity index (χ4v) is 4.65. The molecular formula is C22H27N3O5S. The second kappa shape index (κ2) is 9.07. The van der Waals surface area contributed by atoms with Crippen LogP contribution < -0.4 is 0 Å². The Hall–Kier alpha value is -2.91. The number of nitrogens with one attached hydrogen (secondary N) is 1. The highest BCUT2D eigenvalue weighted by Gasteiger charge is 2.46. The molecule has 2 N–H and O–H groups in total. The topological polar surface area (TPSA) is 103 Å². The highest BCUT2D eigenvalue weighted by molar-refractivity contribution is 7.10. The second-order valence-electron chi connectivity index (χ2n) is 7.66. The number of aromatic nitrogens is 1. The second-order valence-corrected chi connectivity index (χ2v) is 8.64. The van der Waals surface area contributed by atoms with Gasteiger partial charge in [-0.05, 0) is 51.9 Å². The van der Waals surface area contributed by atoms with E-state index in [1.165, 1.54) is 16.2 Å². The number of aliphatic hydroxyl groups excluding tert-OH is 1. The largest absolute Gasteiger partial charge is 0.507 e. The summed E-state index contributed by atoms with van der Waals surface area (Å²) in [7, 11) is 3.78. The molecule has 0 spiro atoms. The molecule has 8 nitrogen and oxygen atoms in total. The Morgan fingerprint density at radius 3 is 2.61 bits per heavy atom. The van der Waals surface area contributed by atoms with Crippen LogP contribution in [0.4, 0.5) is 0 Å². The van der Waals surface area contributed by atoms with E-state index in [2.05, 4.69) is 4.98 Å². The third kappa shape index (κ3) is 4.15. The van der Waals surface area contributed by atoms with Crippen molar-refractivity contribution in [3.63, 3.8) is 0 Å². The van der Waals surface area contributed by atoms with Crippen LogP contribution in [0.1, 0.15) is 45.2 Å². The fourth-order valence-electron chi connectivity index (χ4n) is 3.81. The Morgan fingerprint density at radius 2 is 2.03 bits per heavy atom. The van der Waals surface area contributed by atoms with E-state index < -0.39 is 23.7 Å². The smallest absolute Gasteiger partial charge is 0.355 e. The Labute approximate surface area is 185 Å². The third-order valence-corrected chi connectivity index (χ3v) is 6.22. The molecule has 2 aromatic heterocycles. The Bertz CT molecular complexity index is 1040. The molecule has 1 atom stereocenters. The number of carbonyl (C=O) groups excluding carboxylic acids is 3. The lowest BCUT2D eigenvalue weighted by Gasteiger charge is -2.25. The minimum absolute atomic E-state index is 0.0341. The summed E-state index contributed by atoms with van der Waals surface area (Å²) in [5.74, 6) is -2.19. The van der Waals surface area contributed by atoms with Gasteiger partial charge in [-0.1, -0.05) is 6.07 Å². The summed E-state index contributed by atoms with van der Waals surface area (Å²) in [6.07, 6.45) is 0. The molecule has 0 saturated carbocycles. The van der Waals surface area contributed by atoms with Crippen molar-refractivity contribution < 1.29 is 24.2 Å². The molecule has 9 heteroatoms. The third-order valence-electron chi connectivity index (χ3n) is 5.29. The van der Waals surface area contributed by atoms with E-state index in [0.29, 0.717) is 29.9 Å². The number of hydrogen-bond donors (Lipinski definition) is 2. The number of aliphatic hydroxyl groups is 1. The number of H-pyrrole nitrogens is 1. The van der Waals surface area contributed by atoms with Crippen LogP contribution >= 0.6 is 11.3 Å². The van der Waals surface area contributed by atoms with Gasteiger partial charge in [-0.25, -0.2) is 4.79 Å². The van der Waals surface area contributed by atoms with Gasteiger partial charge < -0.3 is 24.6 Å². The molecule has 2 aromatic rings. The molecule has 0 bridgehead atoms. The summed E-state index contributed by atoms with van der Waals surface area (Å²) in [5, 5.41) is 13.1. The predicted octanol–water partition coefficient (Wildman–Crippen LogP) is 2.85. The van der Waals surface area contributed by atoms with Gasteiger partial charge in [0.15, 0.2) is 0 Å². The summed E-state index contributed by atoms with van der Waals surface area (Å²) < 4.78 is 5.07. The van der Waals surface area contributed by atoms with Crippen molar-refractivity contribution in [3.8, 4) is 0 Å². The maximum Gasteiger partial charge on any atom is 0.355 e. The van der Waals surface area contributed by atoms with Crippen LogP contribution in [0, 0.1) is 13.8 Å². The Balaban J connectivity index is 2.15. The van der Waals surface area contributed by atoms with Gasteiger partial charge in [0.2, 0.25) is 0 Å². The van der Waals surface area contributed by atoms with E-state index in [0.717, 1.165) is 4.88 Å². The number of likely N-dealkylation sites (N-methyl/N-ethyl adjacent to an activating group) is 1. The summed E-state index contributed by atoms with van der Waals surface area (Å²) in [4.78, 5) is 45.3. The number of nitrogens with zero attached hydrogens (tertiary/aromatic N) is 2. The standard InChI is InChI=1S/C22H27N3O5S/c1-6-30-22(29)17-12(2)15(13(3)23-17)19(26)16-18(14-8-7-11-31-14)25(10-9-24(4)5)21(28)20(16)27/h7-8,11,18,23,26H,6,9-10H2,1-5H3/t18-/m0/s1. The van der Waals surface area contributed by atoms with Gasteiger partial charge in [0.25, 0.3) is 11.7 Å². The Kier molecular flexibility index (Phi) is 6.66. The molecule has 0 unspecified atom stereocenters. The van der Waals surface area contributed by atoms with Gasteiger partial charge in [-0.15, -0.1) is 11.3 Å². The molecule has 3 heterocycles. The van der Waals surface area contributed by atoms with E-state index in [9.17, 15) is 19.5 Å². The molecule has 0 radical (unpaired) electrons. The minimum atomic E-state index is -0.729. The highest BCUT2D eigenvalue weighted by Crippen LogP contribution is 2.42. The summed E-state index contributed by atoms with van der Waals surface area (Å²) in [6.45, 7) is 6.22. The van der Waals surface area contributed by atoms with E-state index in [1.54, 1.807) is 20.8 Å². The van der Waals surface area contributed by atoms with E-state index in [1.807, 2.05) is 36.5 Å². The number of esters is 1. The maximum absolute atomic E-state index is 13.0. The number of aromatic amines is 1. The number of likely N-dealkylation sites (tertiary alicyclic amines) is 1. The zero-order valence-electron chi connectivity index (χ0n) is 18.3. The van der Waals surface area contributed by atoms with E-state index >= 15 is 0 Å². The molecule has 1 aliphatic rings. The highest BCUT2D eigenvalue weighted by atomic mass is 32.1. The normalized spacial score (nSPS) is 18.3. The van der Waals surface area contributed by atoms with Crippen molar-refractivity contribution in [3.05, 3.63) is 50.5 Å². The summed E-state index contributed by atoms with van der Waals surface area (Å²) in [6, 6.07) is 3.01. The summed E-state index contributed by atoms with van der Waals surface area (Å²) in [5.41, 5.74) is 1.58.